The van der Waals surface area contributed by atoms with Gasteiger partial charge in [-0.25, -0.2) is 9.97 Å². The smallest absolute Gasteiger partial charge is 0.406 e. The number of ether oxygens (including phenoxy) is 1. The Morgan fingerprint density at radius 2 is 1.96 bits per heavy atom. The van der Waals surface area contributed by atoms with Crippen LogP contribution in [0.25, 0.3) is 0 Å². The van der Waals surface area contributed by atoms with Gasteiger partial charge in [0.05, 0.1) is 0 Å². The second kappa shape index (κ2) is 7.89. The number of halogens is 3. The monoisotopic (exact) mass is 381 g/mol. The molecule has 2 aromatic rings. The third-order valence-electron chi connectivity index (χ3n) is 4.58. The topological polar surface area (TPSA) is 76.3 Å². The average Bonchev–Trinajstić information content (AvgIpc) is 2.64. The fourth-order valence-electron chi connectivity index (χ4n) is 3.30. The molecular weight excluding hydrogens is 359 g/mol. The Bertz CT molecular complexity index is 767. The fourth-order valence-corrected chi connectivity index (χ4v) is 3.30. The van der Waals surface area contributed by atoms with Crippen molar-refractivity contribution in [1.82, 2.24) is 9.97 Å². The van der Waals surface area contributed by atoms with Crippen molar-refractivity contribution < 1.29 is 17.9 Å². The van der Waals surface area contributed by atoms with Gasteiger partial charge in [0.25, 0.3) is 0 Å². The predicted octanol–water partition coefficient (Wildman–Crippen LogP) is 4.47. The van der Waals surface area contributed by atoms with Gasteiger partial charge in [-0.15, -0.1) is 13.2 Å². The molecule has 1 aliphatic heterocycles. The molecule has 1 atom stereocenters. The molecule has 1 aromatic carbocycles. The average molecular weight is 381 g/mol. The zero-order valence-corrected chi connectivity index (χ0v) is 15.0. The van der Waals surface area contributed by atoms with Gasteiger partial charge in [-0.2, -0.15) is 0 Å². The van der Waals surface area contributed by atoms with E-state index in [1.54, 1.807) is 0 Å². The molecule has 1 fully saturated rings. The van der Waals surface area contributed by atoms with E-state index in [0.29, 0.717) is 29.1 Å². The molecule has 1 aliphatic rings. The number of anilines is 4. The second-order valence-corrected chi connectivity index (χ2v) is 6.41. The number of nitrogens with zero attached hydrogens (tertiary/aromatic N) is 3. The molecule has 0 radical (unpaired) electrons. The number of alkyl halides is 3. The molecule has 9 heteroatoms. The number of hydrogen-bond donors (Lipinski definition) is 2. The van der Waals surface area contributed by atoms with Gasteiger partial charge in [0.1, 0.15) is 17.8 Å². The number of nitrogens with two attached hydrogens (primary N) is 1. The zero-order valence-electron chi connectivity index (χ0n) is 15.0. The number of piperidine rings is 1. The minimum absolute atomic E-state index is 0.288. The van der Waals surface area contributed by atoms with Crippen LogP contribution in [-0.4, -0.2) is 28.9 Å². The van der Waals surface area contributed by atoms with Crippen LogP contribution in [0.3, 0.4) is 0 Å². The Kier molecular flexibility index (Phi) is 5.57. The number of aromatic nitrogens is 2. The molecule has 1 saturated heterocycles. The van der Waals surface area contributed by atoms with Crippen LogP contribution < -0.4 is 20.7 Å². The standard InChI is InChI=1S/C18H22F3N5O/c1-2-13-5-3-4-10-26(13)17-15(22)16(23-11-24-17)25-12-6-8-14(9-7-12)27-18(19,20)21/h6-9,11,13H,2-5,10,22H2,1H3,(H,23,24,25). The SMILES string of the molecule is CCC1CCCCN1c1ncnc(Nc2ccc(OC(F)(F)F)cc2)c1N. The van der Waals surface area contributed by atoms with Crippen molar-refractivity contribution in [2.24, 2.45) is 0 Å². The quantitative estimate of drug-likeness (QED) is 0.796. The van der Waals surface area contributed by atoms with Crippen LogP contribution in [0.2, 0.25) is 0 Å². The van der Waals surface area contributed by atoms with E-state index in [1.807, 2.05) is 0 Å². The molecule has 3 rings (SSSR count). The molecule has 27 heavy (non-hydrogen) atoms. The van der Waals surface area contributed by atoms with E-state index in [2.05, 4.69) is 31.8 Å². The van der Waals surface area contributed by atoms with Gasteiger partial charge in [0, 0.05) is 18.3 Å². The number of nitrogens with one attached hydrogen (secondary N) is 1. The van der Waals surface area contributed by atoms with Crippen molar-refractivity contribution in [3.05, 3.63) is 30.6 Å². The van der Waals surface area contributed by atoms with Gasteiger partial charge in [-0.3, -0.25) is 0 Å². The summed E-state index contributed by atoms with van der Waals surface area (Å²) in [5.74, 6) is 0.824. The summed E-state index contributed by atoms with van der Waals surface area (Å²) in [4.78, 5) is 10.8. The van der Waals surface area contributed by atoms with E-state index >= 15 is 0 Å². The molecule has 1 unspecified atom stereocenters. The molecule has 6 nitrogen and oxygen atoms in total. The number of hydrogen-bond acceptors (Lipinski definition) is 6. The Hall–Kier alpha value is -2.71. The molecular formula is C18H22F3N5O. The molecule has 3 N–H and O–H groups in total. The third kappa shape index (κ3) is 4.72. The maximum Gasteiger partial charge on any atom is 0.573 e. The lowest BCUT2D eigenvalue weighted by Crippen LogP contribution is -2.40. The molecule has 2 heterocycles. The Morgan fingerprint density at radius 3 is 2.63 bits per heavy atom. The molecule has 146 valence electrons. The van der Waals surface area contributed by atoms with Crippen LogP contribution in [0.4, 0.5) is 36.2 Å². The van der Waals surface area contributed by atoms with E-state index in [-0.39, 0.29) is 5.75 Å². The maximum absolute atomic E-state index is 12.2. The van der Waals surface area contributed by atoms with E-state index in [1.165, 1.54) is 37.0 Å². The number of benzene rings is 1. The van der Waals surface area contributed by atoms with E-state index in [9.17, 15) is 13.2 Å². The van der Waals surface area contributed by atoms with Crippen LogP contribution in [0.1, 0.15) is 32.6 Å². The Balaban J connectivity index is 1.78. The summed E-state index contributed by atoms with van der Waals surface area (Å²) in [6, 6.07) is 5.79. The van der Waals surface area contributed by atoms with Crippen molar-refractivity contribution in [2.75, 3.05) is 22.5 Å². The van der Waals surface area contributed by atoms with Crippen LogP contribution >= 0.6 is 0 Å². The Morgan fingerprint density at radius 1 is 1.22 bits per heavy atom. The van der Waals surface area contributed by atoms with Crippen LogP contribution in [-0.2, 0) is 0 Å². The van der Waals surface area contributed by atoms with E-state index < -0.39 is 6.36 Å². The van der Waals surface area contributed by atoms with Crippen molar-refractivity contribution in [2.45, 2.75) is 45.0 Å². The van der Waals surface area contributed by atoms with Gasteiger partial charge >= 0.3 is 6.36 Å². The highest BCUT2D eigenvalue weighted by molar-refractivity contribution is 5.78. The van der Waals surface area contributed by atoms with Gasteiger partial charge < -0.3 is 20.7 Å². The third-order valence-corrected chi connectivity index (χ3v) is 4.58. The summed E-state index contributed by atoms with van der Waals surface area (Å²) in [7, 11) is 0. The molecule has 0 aliphatic carbocycles. The summed E-state index contributed by atoms with van der Waals surface area (Å²) in [6.07, 6.45) is 1.11. The van der Waals surface area contributed by atoms with E-state index in [0.717, 1.165) is 25.8 Å². The lowest BCUT2D eigenvalue weighted by atomic mass is 10.00. The predicted molar refractivity (Wildman–Crippen MR) is 98.1 cm³/mol. The largest absolute Gasteiger partial charge is 0.573 e. The summed E-state index contributed by atoms with van der Waals surface area (Å²) in [6.45, 7) is 3.03. The lowest BCUT2D eigenvalue weighted by Gasteiger charge is -2.36. The first kappa shape index (κ1) is 19.1. The molecule has 0 bridgehead atoms. The lowest BCUT2D eigenvalue weighted by molar-refractivity contribution is -0.274. The first-order chi connectivity index (χ1) is 12.9. The normalized spacial score (nSPS) is 17.6. The van der Waals surface area contributed by atoms with Crippen molar-refractivity contribution in [3.63, 3.8) is 0 Å². The highest BCUT2D eigenvalue weighted by Crippen LogP contribution is 2.33. The first-order valence-electron chi connectivity index (χ1n) is 8.87. The number of rotatable bonds is 5. The van der Waals surface area contributed by atoms with E-state index in [4.69, 9.17) is 5.73 Å². The summed E-state index contributed by atoms with van der Waals surface area (Å²) >= 11 is 0. The molecule has 0 spiro atoms. The summed E-state index contributed by atoms with van der Waals surface area (Å²) in [5.41, 5.74) is 7.26. The molecule has 0 amide bonds. The van der Waals surface area contributed by atoms with Crippen LogP contribution in [0, 0.1) is 0 Å². The molecule has 1 aromatic heterocycles. The van der Waals surface area contributed by atoms with Crippen molar-refractivity contribution in [3.8, 4) is 5.75 Å². The highest BCUT2D eigenvalue weighted by atomic mass is 19.4. The minimum atomic E-state index is -4.72. The maximum atomic E-state index is 12.2. The molecule has 0 saturated carbocycles. The highest BCUT2D eigenvalue weighted by Gasteiger charge is 2.31. The van der Waals surface area contributed by atoms with Crippen LogP contribution in [0.5, 0.6) is 5.75 Å². The van der Waals surface area contributed by atoms with Crippen LogP contribution in [0.15, 0.2) is 30.6 Å². The second-order valence-electron chi connectivity index (χ2n) is 6.41. The van der Waals surface area contributed by atoms with Crippen molar-refractivity contribution >= 4 is 23.0 Å². The fraction of sp³-hybridized carbons (Fsp3) is 0.444. The van der Waals surface area contributed by atoms with Gasteiger partial charge in [-0.1, -0.05) is 6.92 Å². The summed E-state index contributed by atoms with van der Waals surface area (Å²) < 4.78 is 40.6. The zero-order chi connectivity index (χ0) is 19.4. The van der Waals surface area contributed by atoms with Gasteiger partial charge in [0.2, 0.25) is 0 Å². The Labute approximate surface area is 155 Å². The van der Waals surface area contributed by atoms with Gasteiger partial charge in [-0.05, 0) is 49.9 Å². The first-order valence-corrected chi connectivity index (χ1v) is 8.87. The van der Waals surface area contributed by atoms with Crippen molar-refractivity contribution in [1.29, 1.82) is 0 Å². The minimum Gasteiger partial charge on any atom is -0.406 e. The van der Waals surface area contributed by atoms with Gasteiger partial charge in [0.15, 0.2) is 11.6 Å². The number of nitrogen functional groups attached to an aromatic ring is 1. The summed E-state index contributed by atoms with van der Waals surface area (Å²) in [5, 5.41) is 3.03.